The minimum Gasteiger partial charge on any atom is -0.383 e. The zero-order valence-electron chi connectivity index (χ0n) is 8.42. The summed E-state index contributed by atoms with van der Waals surface area (Å²) in [5.74, 6) is -0.405. The minimum atomic E-state index is -0.405. The van der Waals surface area contributed by atoms with Crippen LogP contribution < -0.4 is 10.6 Å². The van der Waals surface area contributed by atoms with Gasteiger partial charge in [-0.2, -0.15) is 0 Å². The fourth-order valence-electron chi connectivity index (χ4n) is 1.17. The molecule has 4 nitrogen and oxygen atoms in total. The van der Waals surface area contributed by atoms with Crippen molar-refractivity contribution in [1.29, 1.82) is 0 Å². The molecule has 82 valence electrons. The van der Waals surface area contributed by atoms with Crippen molar-refractivity contribution in [2.75, 3.05) is 30.9 Å². The molecule has 0 saturated heterocycles. The Morgan fingerprint density at radius 3 is 3.00 bits per heavy atom. The van der Waals surface area contributed by atoms with Gasteiger partial charge in [0.05, 0.1) is 18.0 Å². The summed E-state index contributed by atoms with van der Waals surface area (Å²) in [5, 5.41) is 5.27. The van der Waals surface area contributed by atoms with Crippen molar-refractivity contribution < 1.29 is 13.9 Å². The van der Waals surface area contributed by atoms with Crippen molar-refractivity contribution in [3.05, 3.63) is 24.0 Å². The van der Waals surface area contributed by atoms with Gasteiger partial charge < -0.3 is 15.4 Å². The van der Waals surface area contributed by atoms with Crippen LogP contribution in [-0.2, 0) is 9.53 Å². The first-order chi connectivity index (χ1) is 7.29. The van der Waals surface area contributed by atoms with Crippen LogP contribution in [0.3, 0.4) is 0 Å². The van der Waals surface area contributed by atoms with Crippen LogP contribution in [0, 0.1) is 5.82 Å². The van der Waals surface area contributed by atoms with Crippen molar-refractivity contribution in [2.45, 2.75) is 0 Å². The Labute approximate surface area is 87.4 Å². The number of benzene rings is 1. The van der Waals surface area contributed by atoms with Gasteiger partial charge in [0.2, 0.25) is 6.41 Å². The predicted octanol–water partition coefficient (Wildman–Crippen LogP) is 1.45. The van der Waals surface area contributed by atoms with Crippen LogP contribution in [0.25, 0.3) is 0 Å². The summed E-state index contributed by atoms with van der Waals surface area (Å²) in [7, 11) is 1.56. The maximum atomic E-state index is 13.3. The smallest absolute Gasteiger partial charge is 0.211 e. The predicted molar refractivity (Wildman–Crippen MR) is 56.5 cm³/mol. The van der Waals surface area contributed by atoms with Crippen LogP contribution in [0.1, 0.15) is 0 Å². The average molecular weight is 212 g/mol. The van der Waals surface area contributed by atoms with Gasteiger partial charge in [-0.25, -0.2) is 4.39 Å². The molecule has 0 aromatic heterocycles. The number of ether oxygens (including phenoxy) is 1. The maximum absolute atomic E-state index is 13.3. The number of halogens is 1. The second-order valence-corrected chi connectivity index (χ2v) is 2.84. The van der Waals surface area contributed by atoms with Crippen LogP contribution in [0.5, 0.6) is 0 Å². The number of hydrogen-bond donors (Lipinski definition) is 2. The number of carbonyl (C=O) groups is 1. The number of carbonyl (C=O) groups excluding carboxylic acids is 1. The Bertz CT molecular complexity index is 331. The molecule has 1 rings (SSSR count). The van der Waals surface area contributed by atoms with Crippen molar-refractivity contribution in [2.24, 2.45) is 0 Å². The molecule has 0 aliphatic heterocycles. The molecule has 0 atom stereocenters. The van der Waals surface area contributed by atoms with Crippen LogP contribution in [-0.4, -0.2) is 26.7 Å². The zero-order chi connectivity index (χ0) is 11.1. The number of para-hydroxylation sites is 1. The topological polar surface area (TPSA) is 50.4 Å². The molecule has 5 heteroatoms. The quantitative estimate of drug-likeness (QED) is 0.554. The van der Waals surface area contributed by atoms with Crippen molar-refractivity contribution in [3.63, 3.8) is 0 Å². The van der Waals surface area contributed by atoms with E-state index in [1.807, 2.05) is 0 Å². The molecule has 1 aromatic rings. The molecular formula is C10H13FN2O2. The van der Waals surface area contributed by atoms with Crippen LogP contribution >= 0.6 is 0 Å². The lowest BCUT2D eigenvalue weighted by Crippen LogP contribution is -2.11. The highest BCUT2D eigenvalue weighted by Gasteiger charge is 2.06. The number of methoxy groups -OCH3 is 1. The van der Waals surface area contributed by atoms with Crippen LogP contribution in [0.15, 0.2) is 18.2 Å². The third-order valence-corrected chi connectivity index (χ3v) is 1.84. The third-order valence-electron chi connectivity index (χ3n) is 1.84. The highest BCUT2D eigenvalue weighted by atomic mass is 19.1. The van der Waals surface area contributed by atoms with E-state index in [2.05, 4.69) is 10.6 Å². The summed E-state index contributed by atoms with van der Waals surface area (Å²) in [4.78, 5) is 10.3. The molecule has 2 N–H and O–H groups in total. The van der Waals surface area contributed by atoms with Crippen molar-refractivity contribution >= 4 is 17.8 Å². The number of amides is 1. The highest BCUT2D eigenvalue weighted by molar-refractivity contribution is 5.80. The fourth-order valence-corrected chi connectivity index (χ4v) is 1.17. The summed E-state index contributed by atoms with van der Waals surface area (Å²) in [5.41, 5.74) is 0.697. The monoisotopic (exact) mass is 212 g/mol. The Morgan fingerprint density at radius 1 is 1.53 bits per heavy atom. The van der Waals surface area contributed by atoms with E-state index in [1.54, 1.807) is 13.2 Å². The molecule has 0 radical (unpaired) electrons. The van der Waals surface area contributed by atoms with Gasteiger partial charge in [0.15, 0.2) is 0 Å². The second kappa shape index (κ2) is 5.98. The molecule has 0 fully saturated rings. The first-order valence-corrected chi connectivity index (χ1v) is 4.51. The van der Waals surface area contributed by atoms with Crippen LogP contribution in [0.4, 0.5) is 15.8 Å². The van der Waals surface area contributed by atoms with Gasteiger partial charge >= 0.3 is 0 Å². The first-order valence-electron chi connectivity index (χ1n) is 4.51. The van der Waals surface area contributed by atoms with Gasteiger partial charge in [-0.1, -0.05) is 6.07 Å². The summed E-state index contributed by atoms with van der Waals surface area (Å²) in [6.07, 6.45) is 0.510. The Hall–Kier alpha value is -1.62. The lowest BCUT2D eigenvalue weighted by atomic mass is 10.2. The van der Waals surface area contributed by atoms with E-state index in [1.165, 1.54) is 12.1 Å². The van der Waals surface area contributed by atoms with E-state index in [9.17, 15) is 9.18 Å². The van der Waals surface area contributed by atoms with E-state index < -0.39 is 5.82 Å². The molecule has 0 aliphatic carbocycles. The molecule has 0 heterocycles. The Kier molecular flexibility index (Phi) is 4.56. The van der Waals surface area contributed by atoms with E-state index in [-0.39, 0.29) is 5.69 Å². The highest BCUT2D eigenvalue weighted by Crippen LogP contribution is 2.23. The van der Waals surface area contributed by atoms with Gasteiger partial charge in [0, 0.05) is 13.7 Å². The lowest BCUT2D eigenvalue weighted by molar-refractivity contribution is -0.105. The molecule has 0 saturated carbocycles. The molecule has 0 bridgehead atoms. The molecule has 15 heavy (non-hydrogen) atoms. The summed E-state index contributed by atoms with van der Waals surface area (Å²) >= 11 is 0. The van der Waals surface area contributed by atoms with Gasteiger partial charge in [-0.05, 0) is 12.1 Å². The SMILES string of the molecule is COCCNc1c(F)cccc1NC=O. The molecule has 0 aliphatic rings. The zero-order valence-corrected chi connectivity index (χ0v) is 8.42. The fraction of sp³-hybridized carbons (Fsp3) is 0.300. The van der Waals surface area contributed by atoms with Gasteiger partial charge in [0.25, 0.3) is 0 Å². The average Bonchev–Trinajstić information content (AvgIpc) is 2.23. The summed E-state index contributed by atoms with van der Waals surface area (Å²) < 4.78 is 18.2. The minimum absolute atomic E-state index is 0.279. The van der Waals surface area contributed by atoms with Crippen molar-refractivity contribution in [1.82, 2.24) is 0 Å². The largest absolute Gasteiger partial charge is 0.383 e. The molecule has 0 spiro atoms. The van der Waals surface area contributed by atoms with Gasteiger partial charge in [-0.15, -0.1) is 0 Å². The van der Waals surface area contributed by atoms with Crippen LogP contribution in [0.2, 0.25) is 0 Å². The van der Waals surface area contributed by atoms with E-state index in [0.717, 1.165) is 0 Å². The Balaban J connectivity index is 2.77. The van der Waals surface area contributed by atoms with E-state index >= 15 is 0 Å². The molecule has 1 amide bonds. The normalized spacial score (nSPS) is 9.73. The van der Waals surface area contributed by atoms with Crippen molar-refractivity contribution in [3.8, 4) is 0 Å². The summed E-state index contributed by atoms with van der Waals surface area (Å²) in [6, 6.07) is 4.47. The standard InChI is InChI=1S/C10H13FN2O2/c1-15-6-5-12-10-8(11)3-2-4-9(10)13-7-14/h2-4,7,12H,5-6H2,1H3,(H,13,14). The summed E-state index contributed by atoms with van der Waals surface area (Å²) in [6.45, 7) is 0.944. The second-order valence-electron chi connectivity index (χ2n) is 2.84. The first kappa shape index (κ1) is 11.5. The Morgan fingerprint density at radius 2 is 2.33 bits per heavy atom. The van der Waals surface area contributed by atoms with E-state index in [4.69, 9.17) is 4.74 Å². The number of anilines is 2. The maximum Gasteiger partial charge on any atom is 0.211 e. The van der Waals surface area contributed by atoms with Gasteiger partial charge in [0.1, 0.15) is 5.82 Å². The lowest BCUT2D eigenvalue weighted by Gasteiger charge is -2.11. The molecule has 0 unspecified atom stereocenters. The van der Waals surface area contributed by atoms with Gasteiger partial charge in [-0.3, -0.25) is 4.79 Å². The third kappa shape index (κ3) is 3.21. The van der Waals surface area contributed by atoms with E-state index in [0.29, 0.717) is 25.2 Å². The number of hydrogen-bond acceptors (Lipinski definition) is 3. The number of nitrogens with one attached hydrogen (secondary N) is 2. The molecular weight excluding hydrogens is 199 g/mol. The molecule has 1 aromatic carbocycles. The number of rotatable bonds is 6.